The van der Waals surface area contributed by atoms with Gasteiger partial charge in [-0.1, -0.05) is 44.7 Å². The van der Waals surface area contributed by atoms with Gasteiger partial charge in [0.1, 0.15) is 29.4 Å². The smallest absolute Gasteiger partial charge is 0.356 e. The van der Waals surface area contributed by atoms with Crippen molar-refractivity contribution >= 4 is 17.0 Å². The van der Waals surface area contributed by atoms with Gasteiger partial charge >= 0.3 is 5.95 Å². The Morgan fingerprint density at radius 2 is 1.88 bits per heavy atom. The van der Waals surface area contributed by atoms with Crippen molar-refractivity contribution in [3.63, 3.8) is 0 Å². The lowest BCUT2D eigenvalue weighted by Gasteiger charge is -2.07. The van der Waals surface area contributed by atoms with Crippen LogP contribution in [0.1, 0.15) is 50.9 Å². The van der Waals surface area contributed by atoms with E-state index in [2.05, 4.69) is 17.6 Å². The molecule has 2 heterocycles. The number of para-hydroxylation sites is 2. The van der Waals surface area contributed by atoms with Crippen LogP contribution in [0, 0.1) is 0 Å². The Morgan fingerprint density at radius 1 is 1.12 bits per heavy atom. The van der Waals surface area contributed by atoms with Gasteiger partial charge in [0, 0.05) is 0 Å². The second kappa shape index (κ2) is 9.64. The molecule has 0 bridgehead atoms. The number of imidazole rings is 1. The van der Waals surface area contributed by atoms with Gasteiger partial charge in [0.2, 0.25) is 0 Å². The van der Waals surface area contributed by atoms with E-state index in [-0.39, 0.29) is 12.4 Å². The Kier molecular flexibility index (Phi) is 7.54. The normalized spacial score (nSPS) is 12.2. The van der Waals surface area contributed by atoms with E-state index >= 15 is 0 Å². The van der Waals surface area contributed by atoms with Crippen LogP contribution in [0.3, 0.4) is 0 Å². The van der Waals surface area contributed by atoms with E-state index in [1.54, 1.807) is 18.4 Å². The molecule has 6 heteroatoms. The lowest BCUT2D eigenvalue weighted by Crippen LogP contribution is -3.00. The van der Waals surface area contributed by atoms with Crippen LogP contribution in [0.5, 0.6) is 0 Å². The van der Waals surface area contributed by atoms with Gasteiger partial charge in [-0.15, -0.1) is 0 Å². The summed E-state index contributed by atoms with van der Waals surface area (Å²) < 4.78 is 9.46. The van der Waals surface area contributed by atoms with Gasteiger partial charge in [0.25, 0.3) is 0 Å². The largest absolute Gasteiger partial charge is 1.00 e. The number of halogens is 1. The number of fused-ring (bicyclic) bond motifs is 1. The molecule has 0 radical (unpaired) electrons. The predicted molar refractivity (Wildman–Crippen MR) is 99.0 cm³/mol. The molecule has 3 N–H and O–H groups in total. The van der Waals surface area contributed by atoms with Crippen molar-refractivity contribution in [3.05, 3.63) is 48.4 Å². The van der Waals surface area contributed by atoms with E-state index in [4.69, 9.17) is 10.2 Å². The van der Waals surface area contributed by atoms with E-state index in [0.717, 1.165) is 24.0 Å². The SMILES string of the molecule is CCCCCCCn1c(N)[n+](CC(O)c2ccco2)c2ccccc21.[Cl-]. The zero-order valence-corrected chi connectivity index (χ0v) is 16.0. The fraction of sp³-hybridized carbons (Fsp3) is 0.450. The zero-order chi connectivity index (χ0) is 17.6. The summed E-state index contributed by atoms with van der Waals surface area (Å²) in [5.41, 5.74) is 8.60. The highest BCUT2D eigenvalue weighted by atomic mass is 35.5. The van der Waals surface area contributed by atoms with Crippen molar-refractivity contribution in [1.29, 1.82) is 0 Å². The van der Waals surface area contributed by atoms with Gasteiger partial charge in [-0.25, -0.2) is 9.13 Å². The summed E-state index contributed by atoms with van der Waals surface area (Å²) in [6.07, 6.45) is 7.00. The van der Waals surface area contributed by atoms with Gasteiger partial charge in [-0.3, -0.25) is 5.73 Å². The van der Waals surface area contributed by atoms with Gasteiger partial charge in [-0.2, -0.15) is 0 Å². The molecule has 0 amide bonds. The molecule has 2 aromatic heterocycles. The van der Waals surface area contributed by atoms with Crippen LogP contribution < -0.4 is 22.7 Å². The summed E-state index contributed by atoms with van der Waals surface area (Å²) in [5, 5.41) is 10.4. The van der Waals surface area contributed by atoms with Gasteiger partial charge in [0.05, 0.1) is 12.8 Å². The molecule has 1 aromatic carbocycles. The van der Waals surface area contributed by atoms with Crippen LogP contribution in [0.4, 0.5) is 5.95 Å². The number of aliphatic hydroxyl groups excluding tert-OH is 1. The third kappa shape index (κ3) is 4.40. The Hall–Kier alpha value is -1.98. The molecule has 0 saturated carbocycles. The lowest BCUT2D eigenvalue weighted by atomic mass is 10.1. The fourth-order valence-corrected chi connectivity index (χ4v) is 3.36. The van der Waals surface area contributed by atoms with E-state index < -0.39 is 6.10 Å². The number of rotatable bonds is 9. The molecule has 1 unspecified atom stereocenters. The third-order valence-corrected chi connectivity index (χ3v) is 4.73. The van der Waals surface area contributed by atoms with Crippen molar-refractivity contribution in [3.8, 4) is 0 Å². The lowest BCUT2D eigenvalue weighted by molar-refractivity contribution is -0.666. The first-order chi connectivity index (χ1) is 12.2. The van der Waals surface area contributed by atoms with Gasteiger partial charge < -0.3 is 21.9 Å². The minimum atomic E-state index is -0.717. The molecule has 1 atom stereocenters. The van der Waals surface area contributed by atoms with E-state index in [9.17, 15) is 5.11 Å². The summed E-state index contributed by atoms with van der Waals surface area (Å²) in [5.74, 6) is 1.24. The van der Waals surface area contributed by atoms with Crippen LogP contribution in [0.15, 0.2) is 47.1 Å². The Labute approximate surface area is 160 Å². The summed E-state index contributed by atoms with van der Waals surface area (Å²) >= 11 is 0. The summed E-state index contributed by atoms with van der Waals surface area (Å²) in [4.78, 5) is 0. The zero-order valence-electron chi connectivity index (χ0n) is 15.3. The van der Waals surface area contributed by atoms with Crippen molar-refractivity contribution < 1.29 is 26.5 Å². The summed E-state index contributed by atoms with van der Waals surface area (Å²) in [6.45, 7) is 3.51. The topological polar surface area (TPSA) is 68.2 Å². The minimum absolute atomic E-state index is 0. The standard InChI is InChI=1S/C20H27N3O2.ClH/c1-2-3-4-5-8-13-22-16-10-6-7-11-17(16)23(20(22)21)15-18(24)19-12-9-14-25-19;/h6-7,9-12,14,18,21,24H,2-5,8,13,15H2,1H3;1H. The van der Waals surface area contributed by atoms with E-state index in [0.29, 0.717) is 18.3 Å². The molecule has 5 nitrogen and oxygen atoms in total. The minimum Gasteiger partial charge on any atom is -1.00 e. The Balaban J connectivity index is 0.00000243. The first-order valence-electron chi connectivity index (χ1n) is 9.20. The maximum Gasteiger partial charge on any atom is 0.356 e. The number of aromatic nitrogens is 2. The molecule has 26 heavy (non-hydrogen) atoms. The Morgan fingerprint density at radius 3 is 2.62 bits per heavy atom. The van der Waals surface area contributed by atoms with Crippen molar-refractivity contribution in [2.24, 2.45) is 0 Å². The fourth-order valence-electron chi connectivity index (χ4n) is 3.36. The highest BCUT2D eigenvalue weighted by molar-refractivity contribution is 5.73. The molecular weight excluding hydrogens is 350 g/mol. The van der Waals surface area contributed by atoms with E-state index in [1.807, 2.05) is 22.8 Å². The van der Waals surface area contributed by atoms with Crippen LogP contribution in [0.2, 0.25) is 0 Å². The number of nitrogens with zero attached hydrogens (tertiary/aromatic N) is 2. The summed E-state index contributed by atoms with van der Waals surface area (Å²) in [6, 6.07) is 11.7. The van der Waals surface area contributed by atoms with Crippen LogP contribution >= 0.6 is 0 Å². The van der Waals surface area contributed by atoms with Crippen LogP contribution in [-0.4, -0.2) is 9.67 Å². The number of aliphatic hydroxyl groups is 1. The number of furan rings is 1. The van der Waals surface area contributed by atoms with Crippen molar-refractivity contribution in [1.82, 2.24) is 4.57 Å². The number of unbranched alkanes of at least 4 members (excludes halogenated alkanes) is 4. The molecule has 0 aliphatic heterocycles. The number of benzene rings is 1. The molecule has 3 rings (SSSR count). The number of nitrogen functional groups attached to an aromatic ring is 1. The molecule has 0 aliphatic rings. The van der Waals surface area contributed by atoms with Crippen LogP contribution in [0.25, 0.3) is 11.0 Å². The predicted octanol–water partition coefficient (Wildman–Crippen LogP) is 0.812. The molecule has 0 spiro atoms. The van der Waals surface area contributed by atoms with Gasteiger partial charge in [0.15, 0.2) is 0 Å². The number of anilines is 1. The highest BCUT2D eigenvalue weighted by Crippen LogP contribution is 2.20. The molecule has 0 saturated heterocycles. The second-order valence-corrected chi connectivity index (χ2v) is 6.55. The number of nitrogens with two attached hydrogens (primary N) is 1. The maximum atomic E-state index is 10.4. The Bertz CT molecular complexity index is 799. The first-order valence-corrected chi connectivity index (χ1v) is 9.20. The number of aryl methyl sites for hydroxylation is 1. The monoisotopic (exact) mass is 377 g/mol. The molecule has 0 fully saturated rings. The highest BCUT2D eigenvalue weighted by Gasteiger charge is 2.23. The quantitative estimate of drug-likeness (QED) is 0.428. The van der Waals surface area contributed by atoms with Crippen molar-refractivity contribution in [2.75, 3.05) is 5.73 Å². The van der Waals surface area contributed by atoms with E-state index in [1.165, 1.54) is 25.7 Å². The number of hydrogen-bond donors (Lipinski definition) is 2. The van der Waals surface area contributed by atoms with Crippen LogP contribution in [-0.2, 0) is 13.1 Å². The summed E-state index contributed by atoms with van der Waals surface area (Å²) in [7, 11) is 0. The van der Waals surface area contributed by atoms with Crippen molar-refractivity contribution in [2.45, 2.75) is 58.2 Å². The first kappa shape index (κ1) is 20.3. The molecular formula is C20H28ClN3O2. The van der Waals surface area contributed by atoms with Gasteiger partial charge in [-0.05, 0) is 30.7 Å². The third-order valence-electron chi connectivity index (χ3n) is 4.73. The average Bonchev–Trinajstić information content (AvgIpc) is 3.24. The number of hydrogen-bond acceptors (Lipinski definition) is 3. The maximum absolute atomic E-state index is 10.4. The molecule has 142 valence electrons. The second-order valence-electron chi connectivity index (χ2n) is 6.55. The average molecular weight is 378 g/mol. The molecule has 0 aliphatic carbocycles. The molecule has 3 aromatic rings.